The molecule has 2 aromatic carbocycles. The number of hydrogen-bond donors (Lipinski definition) is 0. The van der Waals surface area contributed by atoms with Gasteiger partial charge >= 0.3 is 5.97 Å². The van der Waals surface area contributed by atoms with Crippen LogP contribution >= 0.6 is 0 Å². The third-order valence-corrected chi connectivity index (χ3v) is 5.48. The highest BCUT2D eigenvalue weighted by Crippen LogP contribution is 2.30. The van der Waals surface area contributed by atoms with Crippen LogP contribution in [0.3, 0.4) is 0 Å². The molecule has 0 radical (unpaired) electrons. The Kier molecular flexibility index (Phi) is 6.15. The van der Waals surface area contributed by atoms with Gasteiger partial charge in [-0.15, -0.1) is 0 Å². The zero-order valence-electron chi connectivity index (χ0n) is 16.2. The van der Waals surface area contributed by atoms with Crippen LogP contribution in [0.15, 0.2) is 53.4 Å². The number of hydrogen-bond acceptors (Lipinski definition) is 5. The standard InChI is InChI=1S/C20H25NO5S/c1-15-11-12-16(25-5)13-18(15)21(14-19(22)26-20(2,3)4)27(23,24)17-9-7-6-8-10-17/h6-13H,14H2,1-5H3. The molecule has 0 aliphatic carbocycles. The lowest BCUT2D eigenvalue weighted by atomic mass is 10.2. The highest BCUT2D eigenvalue weighted by atomic mass is 32.2. The summed E-state index contributed by atoms with van der Waals surface area (Å²) in [7, 11) is -2.48. The lowest BCUT2D eigenvalue weighted by Gasteiger charge is -2.27. The molecular formula is C20H25NO5S. The number of methoxy groups -OCH3 is 1. The smallest absolute Gasteiger partial charge is 0.327 e. The molecule has 0 spiro atoms. The second-order valence-electron chi connectivity index (χ2n) is 7.06. The Hall–Kier alpha value is -2.54. The quantitative estimate of drug-likeness (QED) is 0.704. The number of carbonyl (C=O) groups excluding carboxylic acids is 1. The van der Waals surface area contributed by atoms with Gasteiger partial charge in [0.2, 0.25) is 0 Å². The summed E-state index contributed by atoms with van der Waals surface area (Å²) in [5.74, 6) is -0.141. The van der Waals surface area contributed by atoms with Crippen LogP contribution in [0.2, 0.25) is 0 Å². The molecule has 2 rings (SSSR count). The summed E-state index contributed by atoms with van der Waals surface area (Å²) in [4.78, 5) is 12.5. The molecule has 0 aliphatic heterocycles. The first-order valence-corrected chi connectivity index (χ1v) is 9.93. The van der Waals surface area contributed by atoms with E-state index in [4.69, 9.17) is 9.47 Å². The molecule has 0 saturated heterocycles. The summed E-state index contributed by atoms with van der Waals surface area (Å²) in [5, 5.41) is 0. The average molecular weight is 391 g/mol. The molecule has 0 bridgehead atoms. The number of nitrogens with zero attached hydrogens (tertiary/aromatic N) is 1. The van der Waals surface area contributed by atoms with Crippen LogP contribution in [-0.4, -0.2) is 33.6 Å². The SMILES string of the molecule is COc1ccc(C)c(N(CC(=O)OC(C)(C)C)S(=O)(=O)c2ccccc2)c1. The van der Waals surface area contributed by atoms with E-state index in [-0.39, 0.29) is 4.90 Å². The number of esters is 1. The highest BCUT2D eigenvalue weighted by Gasteiger charge is 2.30. The molecule has 146 valence electrons. The molecule has 0 aromatic heterocycles. The summed E-state index contributed by atoms with van der Waals surface area (Å²) in [6.07, 6.45) is 0. The third-order valence-electron chi connectivity index (χ3n) is 3.71. The van der Waals surface area contributed by atoms with Gasteiger partial charge in [0.05, 0.1) is 17.7 Å². The molecule has 7 heteroatoms. The van der Waals surface area contributed by atoms with Crippen LogP contribution in [-0.2, 0) is 19.6 Å². The van der Waals surface area contributed by atoms with Gasteiger partial charge in [-0.25, -0.2) is 8.42 Å². The number of ether oxygens (including phenoxy) is 2. The van der Waals surface area contributed by atoms with Gasteiger partial charge in [0.25, 0.3) is 10.0 Å². The van der Waals surface area contributed by atoms with Crippen molar-refractivity contribution in [2.24, 2.45) is 0 Å². The van der Waals surface area contributed by atoms with E-state index in [0.29, 0.717) is 17.0 Å². The topological polar surface area (TPSA) is 72.9 Å². The summed E-state index contributed by atoms with van der Waals surface area (Å²) >= 11 is 0. The van der Waals surface area contributed by atoms with Crippen molar-refractivity contribution in [2.45, 2.75) is 38.2 Å². The second kappa shape index (κ2) is 8.00. The summed E-state index contributed by atoms with van der Waals surface area (Å²) < 4.78 is 38.2. The Morgan fingerprint density at radius 2 is 1.70 bits per heavy atom. The molecule has 0 unspecified atom stereocenters. The van der Waals surface area contributed by atoms with Crippen molar-refractivity contribution in [1.29, 1.82) is 0 Å². The van der Waals surface area contributed by atoms with Gasteiger partial charge in [-0.05, 0) is 51.5 Å². The second-order valence-corrected chi connectivity index (χ2v) is 8.93. The van der Waals surface area contributed by atoms with E-state index in [2.05, 4.69) is 0 Å². The van der Waals surface area contributed by atoms with Crippen molar-refractivity contribution in [3.8, 4) is 5.75 Å². The van der Waals surface area contributed by atoms with Crippen LogP contribution in [0, 0.1) is 6.92 Å². The van der Waals surface area contributed by atoms with Gasteiger partial charge in [-0.1, -0.05) is 24.3 Å². The number of aryl methyl sites for hydroxylation is 1. The van der Waals surface area contributed by atoms with Crippen molar-refractivity contribution in [3.05, 3.63) is 54.1 Å². The number of anilines is 1. The van der Waals surface area contributed by atoms with Gasteiger partial charge in [0, 0.05) is 6.07 Å². The van der Waals surface area contributed by atoms with Gasteiger partial charge in [-0.3, -0.25) is 9.10 Å². The molecular weight excluding hydrogens is 366 g/mol. The number of carbonyl (C=O) groups is 1. The van der Waals surface area contributed by atoms with E-state index in [9.17, 15) is 13.2 Å². The zero-order valence-corrected chi connectivity index (χ0v) is 17.0. The monoisotopic (exact) mass is 391 g/mol. The van der Waals surface area contributed by atoms with Gasteiger partial charge < -0.3 is 9.47 Å². The lowest BCUT2D eigenvalue weighted by Crippen LogP contribution is -2.39. The van der Waals surface area contributed by atoms with Crippen molar-refractivity contribution in [3.63, 3.8) is 0 Å². The van der Waals surface area contributed by atoms with E-state index in [1.807, 2.05) is 0 Å². The van der Waals surface area contributed by atoms with Gasteiger partial charge in [-0.2, -0.15) is 0 Å². The van der Waals surface area contributed by atoms with Crippen molar-refractivity contribution in [2.75, 3.05) is 18.0 Å². The largest absolute Gasteiger partial charge is 0.497 e. The fraction of sp³-hybridized carbons (Fsp3) is 0.350. The fourth-order valence-corrected chi connectivity index (χ4v) is 3.98. The summed E-state index contributed by atoms with van der Waals surface area (Å²) in [6, 6.07) is 13.1. The van der Waals surface area contributed by atoms with Crippen LogP contribution in [0.25, 0.3) is 0 Å². The molecule has 0 atom stereocenters. The van der Waals surface area contributed by atoms with E-state index in [1.54, 1.807) is 64.1 Å². The minimum Gasteiger partial charge on any atom is -0.497 e. The van der Waals surface area contributed by atoms with E-state index >= 15 is 0 Å². The van der Waals surface area contributed by atoms with E-state index in [1.165, 1.54) is 19.2 Å². The van der Waals surface area contributed by atoms with Crippen LogP contribution < -0.4 is 9.04 Å². The van der Waals surface area contributed by atoms with E-state index < -0.39 is 28.1 Å². The molecule has 0 aliphatic rings. The molecule has 0 heterocycles. The molecule has 0 saturated carbocycles. The van der Waals surface area contributed by atoms with E-state index in [0.717, 1.165) is 4.31 Å². The van der Waals surface area contributed by atoms with Crippen LogP contribution in [0.4, 0.5) is 5.69 Å². The molecule has 27 heavy (non-hydrogen) atoms. The minimum absolute atomic E-state index is 0.0933. The third kappa shape index (κ3) is 5.23. The number of sulfonamides is 1. The Morgan fingerprint density at radius 3 is 2.26 bits per heavy atom. The number of rotatable bonds is 6. The average Bonchev–Trinajstić information content (AvgIpc) is 2.59. The first-order valence-electron chi connectivity index (χ1n) is 8.49. The van der Waals surface area contributed by atoms with Crippen LogP contribution in [0.1, 0.15) is 26.3 Å². The molecule has 6 nitrogen and oxygen atoms in total. The zero-order chi connectivity index (χ0) is 20.2. The first-order chi connectivity index (χ1) is 12.5. The minimum atomic E-state index is -3.98. The van der Waals surface area contributed by atoms with Crippen molar-refractivity contribution < 1.29 is 22.7 Å². The maximum atomic E-state index is 13.3. The van der Waals surface area contributed by atoms with Crippen molar-refractivity contribution in [1.82, 2.24) is 0 Å². The molecule has 0 N–H and O–H groups in total. The Bertz CT molecular complexity index is 902. The van der Waals surface area contributed by atoms with Gasteiger partial charge in [0.15, 0.2) is 0 Å². The summed E-state index contributed by atoms with van der Waals surface area (Å²) in [5.41, 5.74) is 0.339. The fourth-order valence-electron chi connectivity index (χ4n) is 2.50. The molecule has 0 amide bonds. The van der Waals surface area contributed by atoms with Crippen LogP contribution in [0.5, 0.6) is 5.75 Å². The first kappa shape index (κ1) is 20.8. The summed E-state index contributed by atoms with van der Waals surface area (Å²) in [6.45, 7) is 6.53. The Balaban J connectivity index is 2.54. The Labute approximate surface area is 160 Å². The lowest BCUT2D eigenvalue weighted by molar-refractivity contribution is -0.152. The maximum Gasteiger partial charge on any atom is 0.327 e. The molecule has 2 aromatic rings. The Morgan fingerprint density at radius 1 is 1.07 bits per heavy atom. The van der Waals surface area contributed by atoms with Gasteiger partial charge in [0.1, 0.15) is 17.9 Å². The normalized spacial score (nSPS) is 11.7. The predicted octanol–water partition coefficient (Wildman–Crippen LogP) is 3.54. The highest BCUT2D eigenvalue weighted by molar-refractivity contribution is 7.92. The number of benzene rings is 2. The predicted molar refractivity (Wildman–Crippen MR) is 105 cm³/mol. The van der Waals surface area contributed by atoms with Crippen molar-refractivity contribution >= 4 is 21.7 Å². The molecule has 0 fully saturated rings. The maximum absolute atomic E-state index is 13.3.